The molecule has 1 atom stereocenters. The maximum atomic E-state index is 11.8. The zero-order valence-corrected chi connectivity index (χ0v) is 17.9. The Morgan fingerprint density at radius 3 is 3.06 bits per heavy atom. The first-order chi connectivity index (χ1) is 15.1. The third-order valence-corrected chi connectivity index (χ3v) is 5.82. The molecule has 1 aliphatic rings. The molecule has 11 heteroatoms. The van der Waals surface area contributed by atoms with Gasteiger partial charge in [-0.1, -0.05) is 0 Å². The number of hydrogen-bond acceptors (Lipinski definition) is 8. The van der Waals surface area contributed by atoms with Crippen LogP contribution in [0, 0.1) is 0 Å². The van der Waals surface area contributed by atoms with E-state index < -0.39 is 0 Å². The summed E-state index contributed by atoms with van der Waals surface area (Å²) in [6, 6.07) is 3.71. The minimum Gasteiger partial charge on any atom is -0.470 e. The third kappa shape index (κ3) is 3.89. The monoisotopic (exact) mass is 439 g/mol. The van der Waals surface area contributed by atoms with Crippen molar-refractivity contribution in [1.29, 1.82) is 0 Å². The number of hydrogen-bond donors (Lipinski definition) is 1. The van der Waals surface area contributed by atoms with Crippen molar-refractivity contribution in [2.75, 3.05) is 20.3 Å². The Bertz CT molecular complexity index is 1240. The normalized spacial score (nSPS) is 16.1. The lowest BCUT2D eigenvalue weighted by Crippen LogP contribution is -2.18. The Balaban J connectivity index is 1.54. The number of aryl methyl sites for hydroxylation is 1. The Hall–Kier alpha value is -3.31. The molecule has 1 amide bonds. The zero-order chi connectivity index (χ0) is 21.4. The number of carbonyl (C=O) groups is 1. The van der Waals surface area contributed by atoms with Crippen LogP contribution < -0.4 is 10.1 Å². The molecule has 0 radical (unpaired) electrons. The van der Waals surface area contributed by atoms with Crippen LogP contribution in [0.15, 0.2) is 30.7 Å². The molecule has 5 heterocycles. The van der Waals surface area contributed by atoms with Gasteiger partial charge in [0, 0.05) is 44.2 Å². The average Bonchev–Trinajstić information content (AvgIpc) is 3.54. The summed E-state index contributed by atoms with van der Waals surface area (Å²) in [7, 11) is 3.46. The van der Waals surface area contributed by atoms with E-state index in [1.807, 2.05) is 30.1 Å². The van der Waals surface area contributed by atoms with Crippen molar-refractivity contribution in [3.63, 3.8) is 0 Å². The van der Waals surface area contributed by atoms with Gasteiger partial charge in [-0.15, -0.1) is 0 Å². The van der Waals surface area contributed by atoms with Crippen LogP contribution in [-0.2, 0) is 18.2 Å². The largest absolute Gasteiger partial charge is 0.470 e. The molecule has 0 spiro atoms. The minimum atomic E-state index is -0.210. The second-order valence-electron chi connectivity index (χ2n) is 7.27. The molecule has 1 N–H and O–H groups in total. The highest BCUT2D eigenvalue weighted by atomic mass is 32.1. The number of amides is 1. The minimum absolute atomic E-state index is 0.0496. The van der Waals surface area contributed by atoms with E-state index >= 15 is 0 Å². The van der Waals surface area contributed by atoms with Crippen LogP contribution in [0.1, 0.15) is 27.6 Å². The fourth-order valence-electron chi connectivity index (χ4n) is 3.52. The van der Waals surface area contributed by atoms with Crippen LogP contribution in [0.4, 0.5) is 0 Å². The Kier molecular flexibility index (Phi) is 5.12. The molecule has 0 saturated carbocycles. The van der Waals surface area contributed by atoms with Crippen molar-refractivity contribution in [3.05, 3.63) is 47.1 Å². The number of nitrogens with one attached hydrogen (secondary N) is 1. The summed E-state index contributed by atoms with van der Waals surface area (Å²) in [6.07, 6.45) is 6.88. The number of rotatable bonds is 6. The van der Waals surface area contributed by atoms with Gasteiger partial charge < -0.3 is 19.4 Å². The predicted octanol–water partition coefficient (Wildman–Crippen LogP) is 1.73. The van der Waals surface area contributed by atoms with Gasteiger partial charge in [0.15, 0.2) is 0 Å². The summed E-state index contributed by atoms with van der Waals surface area (Å²) >= 11 is 1.27. The number of ether oxygens (including phenoxy) is 2. The zero-order valence-electron chi connectivity index (χ0n) is 17.1. The molecule has 0 aromatic carbocycles. The molecule has 10 nitrogen and oxygen atoms in total. The molecule has 4 aromatic heterocycles. The lowest BCUT2D eigenvalue weighted by atomic mass is 10.2. The van der Waals surface area contributed by atoms with Crippen molar-refractivity contribution in [3.8, 4) is 11.6 Å². The molecule has 1 aliphatic heterocycles. The number of aromatic nitrogens is 6. The summed E-state index contributed by atoms with van der Waals surface area (Å²) in [5, 5.41) is 6.85. The molecule has 4 aromatic rings. The lowest BCUT2D eigenvalue weighted by molar-refractivity contribution is 0.0959. The second-order valence-corrected chi connectivity index (χ2v) is 8.16. The molecular formula is C20H21N7O3S. The summed E-state index contributed by atoms with van der Waals surface area (Å²) < 4.78 is 19.7. The second kappa shape index (κ2) is 8.08. The molecule has 1 fully saturated rings. The fraction of sp³-hybridized carbons (Fsp3) is 0.350. The fourth-order valence-corrected chi connectivity index (χ4v) is 4.23. The quantitative estimate of drug-likeness (QED) is 0.487. The van der Waals surface area contributed by atoms with E-state index in [0.29, 0.717) is 37.0 Å². The highest BCUT2D eigenvalue weighted by Gasteiger charge is 2.23. The van der Waals surface area contributed by atoms with E-state index in [1.54, 1.807) is 24.0 Å². The first kappa shape index (κ1) is 19.6. The van der Waals surface area contributed by atoms with E-state index in [4.69, 9.17) is 19.4 Å². The Morgan fingerprint density at radius 1 is 1.42 bits per heavy atom. The van der Waals surface area contributed by atoms with Gasteiger partial charge in [-0.25, -0.2) is 4.98 Å². The highest BCUT2D eigenvalue weighted by molar-refractivity contribution is 7.06. The maximum absolute atomic E-state index is 11.8. The van der Waals surface area contributed by atoms with Crippen LogP contribution in [-0.4, -0.2) is 61.0 Å². The summed E-state index contributed by atoms with van der Waals surface area (Å²) in [4.78, 5) is 22.2. The molecular weight excluding hydrogens is 418 g/mol. The number of carbonyl (C=O) groups excluding carboxylic acids is 1. The van der Waals surface area contributed by atoms with Crippen LogP contribution in [0.5, 0.6) is 5.88 Å². The first-order valence-corrected chi connectivity index (χ1v) is 10.7. The third-order valence-electron chi connectivity index (χ3n) is 5.03. The number of fused-ring (bicyclic) bond motifs is 1. The van der Waals surface area contributed by atoms with E-state index in [2.05, 4.69) is 14.8 Å². The van der Waals surface area contributed by atoms with Crippen LogP contribution in [0.2, 0.25) is 0 Å². The molecule has 0 unspecified atom stereocenters. The highest BCUT2D eigenvalue weighted by Crippen LogP contribution is 2.29. The smallest absolute Gasteiger partial charge is 0.270 e. The maximum Gasteiger partial charge on any atom is 0.270 e. The van der Waals surface area contributed by atoms with Crippen LogP contribution >= 0.6 is 11.5 Å². The molecule has 0 aliphatic carbocycles. The van der Waals surface area contributed by atoms with Crippen molar-refractivity contribution >= 4 is 28.5 Å². The molecule has 1 saturated heterocycles. The molecule has 0 bridgehead atoms. The molecule has 160 valence electrons. The van der Waals surface area contributed by atoms with E-state index in [1.165, 1.54) is 11.5 Å². The van der Waals surface area contributed by atoms with Gasteiger partial charge in [0.1, 0.15) is 23.1 Å². The van der Waals surface area contributed by atoms with Crippen molar-refractivity contribution in [2.24, 2.45) is 7.05 Å². The Labute approximate surface area is 182 Å². The van der Waals surface area contributed by atoms with Crippen LogP contribution in [0.3, 0.4) is 0 Å². The summed E-state index contributed by atoms with van der Waals surface area (Å²) in [6.45, 7) is 1.22. The van der Waals surface area contributed by atoms with Crippen molar-refractivity contribution in [1.82, 2.24) is 34.0 Å². The topological polar surface area (TPSA) is 109 Å². The molecule has 31 heavy (non-hydrogen) atoms. The number of nitrogens with zero attached hydrogens (tertiary/aromatic N) is 6. The summed E-state index contributed by atoms with van der Waals surface area (Å²) in [5.41, 5.74) is 2.86. The van der Waals surface area contributed by atoms with Crippen molar-refractivity contribution < 1.29 is 14.3 Å². The van der Waals surface area contributed by atoms with Gasteiger partial charge in [-0.3, -0.25) is 9.48 Å². The predicted molar refractivity (Wildman–Crippen MR) is 114 cm³/mol. The SMILES string of the molecule is CNC(=O)c1cc(Cc2nc(O[C@H]3CCOC3)c3c(ccn3-c3cnn(C)c3)n2)sn1. The molecule has 5 rings (SSSR count). The Morgan fingerprint density at radius 2 is 2.32 bits per heavy atom. The lowest BCUT2D eigenvalue weighted by Gasteiger charge is -2.14. The van der Waals surface area contributed by atoms with Gasteiger partial charge in [0.05, 0.1) is 30.6 Å². The van der Waals surface area contributed by atoms with Gasteiger partial charge in [-0.2, -0.15) is 14.5 Å². The van der Waals surface area contributed by atoms with E-state index in [9.17, 15) is 4.79 Å². The first-order valence-electron chi connectivity index (χ1n) is 9.90. The summed E-state index contributed by atoms with van der Waals surface area (Å²) in [5.74, 6) is 0.913. The van der Waals surface area contributed by atoms with Gasteiger partial charge >= 0.3 is 0 Å². The van der Waals surface area contributed by atoms with Crippen molar-refractivity contribution in [2.45, 2.75) is 18.9 Å². The van der Waals surface area contributed by atoms with Gasteiger partial charge in [0.2, 0.25) is 5.88 Å². The average molecular weight is 440 g/mol. The van der Waals surface area contributed by atoms with E-state index in [-0.39, 0.29) is 12.0 Å². The van der Waals surface area contributed by atoms with Crippen LogP contribution in [0.25, 0.3) is 16.7 Å². The standard InChI is InChI=1S/C20H21N7O3S/c1-21-19(28)16-7-14(31-25-16)8-17-23-15-3-5-27(12-9-22-26(2)10-12)18(15)20(24-17)30-13-4-6-29-11-13/h3,5,7,9-10,13H,4,6,8,11H2,1-2H3,(H,21,28)/t13-/m0/s1. The van der Waals surface area contributed by atoms with Gasteiger partial charge in [-0.05, 0) is 23.7 Å². The van der Waals surface area contributed by atoms with Gasteiger partial charge in [0.25, 0.3) is 5.91 Å². The van der Waals surface area contributed by atoms with E-state index in [0.717, 1.165) is 28.0 Å².